The number of ketones is 2. The van der Waals surface area contributed by atoms with Crippen molar-refractivity contribution >= 4 is 34.6 Å². The molecule has 0 aliphatic heterocycles. The lowest BCUT2D eigenvalue weighted by atomic mass is 9.46. The van der Waals surface area contributed by atoms with Crippen molar-refractivity contribution in [1.29, 1.82) is 0 Å². The summed E-state index contributed by atoms with van der Waals surface area (Å²) in [5.41, 5.74) is -0.418. The molecule has 0 unspecified atom stereocenters. The summed E-state index contributed by atoms with van der Waals surface area (Å²) in [5, 5.41) is 23.7. The first-order valence-electron chi connectivity index (χ1n) is 12.4. The van der Waals surface area contributed by atoms with Crippen LogP contribution in [-0.2, 0) is 9.59 Å². The predicted octanol–water partition coefficient (Wildman–Crippen LogP) is 3.89. The molecule has 0 bridgehead atoms. The summed E-state index contributed by atoms with van der Waals surface area (Å²) in [7, 11) is 0. The highest BCUT2D eigenvalue weighted by Crippen LogP contribution is 2.67. The summed E-state index contributed by atoms with van der Waals surface area (Å²) >= 11 is 1.18. The van der Waals surface area contributed by atoms with Gasteiger partial charge in [0, 0.05) is 22.9 Å². The van der Waals surface area contributed by atoms with Crippen molar-refractivity contribution in [2.45, 2.75) is 62.9 Å². The van der Waals surface area contributed by atoms with Crippen LogP contribution in [0.15, 0.2) is 51.8 Å². The molecule has 2 heterocycles. The van der Waals surface area contributed by atoms with Crippen LogP contribution in [0.4, 0.5) is 0 Å². The van der Waals surface area contributed by atoms with E-state index < -0.39 is 17.1 Å². The van der Waals surface area contributed by atoms with E-state index in [1.54, 1.807) is 30.5 Å². The Morgan fingerprint density at radius 3 is 2.94 bits per heavy atom. The number of nitrogens with zero attached hydrogens (tertiary/aromatic N) is 2. The number of aliphatic hydroxyl groups excluding tert-OH is 1. The van der Waals surface area contributed by atoms with Crippen LogP contribution in [0.1, 0.15) is 46.0 Å². The summed E-state index contributed by atoms with van der Waals surface area (Å²) in [4.78, 5) is 34.0. The number of Topliss-reactive ketones (excluding diaryl/α,β-unsaturated/α-hetero) is 1. The highest BCUT2D eigenvalue weighted by molar-refractivity contribution is 7.99. The number of thioether (sulfide) groups is 1. The van der Waals surface area contributed by atoms with Gasteiger partial charge in [-0.15, -0.1) is 0 Å². The third kappa shape index (κ3) is 3.26. The molecule has 184 valence electrons. The Hall–Kier alpha value is -2.29. The van der Waals surface area contributed by atoms with Crippen molar-refractivity contribution in [1.82, 2.24) is 9.97 Å². The van der Waals surface area contributed by atoms with Gasteiger partial charge in [0.15, 0.2) is 22.8 Å². The molecular formula is C27H30N2O5S. The second kappa shape index (κ2) is 7.85. The summed E-state index contributed by atoms with van der Waals surface area (Å²) < 4.78 is 5.68. The summed E-state index contributed by atoms with van der Waals surface area (Å²) in [6.45, 7) is 4.12. The van der Waals surface area contributed by atoms with Crippen molar-refractivity contribution in [2.75, 3.05) is 5.75 Å². The Morgan fingerprint density at radius 1 is 1.31 bits per heavy atom. The first-order chi connectivity index (χ1) is 16.7. The molecule has 0 radical (unpaired) electrons. The second-order valence-electron chi connectivity index (χ2n) is 11.1. The number of carbonyl (C=O) groups is 2. The number of allylic oxidation sites excluding steroid dienone is 4. The number of oxazole rings is 1. The maximum absolute atomic E-state index is 13.5. The van der Waals surface area contributed by atoms with Crippen LogP contribution in [0, 0.1) is 28.6 Å². The predicted molar refractivity (Wildman–Crippen MR) is 130 cm³/mol. The molecule has 4 aliphatic rings. The van der Waals surface area contributed by atoms with Gasteiger partial charge in [0.25, 0.3) is 5.22 Å². The SMILES string of the molecule is C[C@]12C=CC(=O)C=C1CC[C@@H]1[C@@H]2[C@@H](O)C[C@@]2(C)[C@H]1CC[C@]2(O)C(=O)CSc1nc2ncccc2o1. The molecule has 7 nitrogen and oxygen atoms in total. The van der Waals surface area contributed by atoms with Crippen LogP contribution >= 0.6 is 11.8 Å². The molecule has 0 amide bonds. The summed E-state index contributed by atoms with van der Waals surface area (Å²) in [6.07, 6.45) is 9.49. The number of fused-ring (bicyclic) bond motifs is 6. The molecule has 2 N–H and O–H groups in total. The molecule has 6 rings (SSSR count). The molecular weight excluding hydrogens is 464 g/mol. The first-order valence-corrected chi connectivity index (χ1v) is 13.4. The minimum atomic E-state index is -1.50. The van der Waals surface area contributed by atoms with Crippen molar-refractivity contribution in [3.05, 3.63) is 42.1 Å². The Kier molecular flexibility index (Phi) is 5.19. The van der Waals surface area contributed by atoms with Gasteiger partial charge in [-0.05, 0) is 68.2 Å². The van der Waals surface area contributed by atoms with Gasteiger partial charge >= 0.3 is 0 Å². The van der Waals surface area contributed by atoms with Crippen molar-refractivity contribution < 1.29 is 24.2 Å². The molecule has 7 atom stereocenters. The lowest BCUT2D eigenvalue weighted by Crippen LogP contribution is -2.61. The zero-order valence-corrected chi connectivity index (χ0v) is 20.8. The molecule has 0 spiro atoms. The largest absolute Gasteiger partial charge is 0.430 e. The van der Waals surface area contributed by atoms with E-state index in [0.717, 1.165) is 24.8 Å². The highest BCUT2D eigenvalue weighted by Gasteiger charge is 2.68. The second-order valence-corrected chi connectivity index (χ2v) is 12.1. The zero-order chi connectivity index (χ0) is 24.6. The van der Waals surface area contributed by atoms with Gasteiger partial charge in [-0.1, -0.05) is 37.3 Å². The number of hydrogen-bond acceptors (Lipinski definition) is 8. The first kappa shape index (κ1) is 23.1. The topological polar surface area (TPSA) is 114 Å². The third-order valence-corrected chi connectivity index (χ3v) is 10.4. The van der Waals surface area contributed by atoms with Crippen molar-refractivity contribution in [2.24, 2.45) is 28.6 Å². The van der Waals surface area contributed by atoms with Crippen LogP contribution in [0.2, 0.25) is 0 Å². The van der Waals surface area contributed by atoms with Crippen molar-refractivity contribution in [3.63, 3.8) is 0 Å². The standard InChI is InChI=1S/C27H30N2O5S/c1-25-9-7-16(30)12-15(25)5-6-17-18-8-10-27(33,26(18,2)13-19(31)22(17)25)21(32)14-35-24-29-23-20(34-24)4-3-11-28-23/h3-4,7,9,11-12,17-19,22,31,33H,5-6,8,10,13-14H2,1-2H3/t17-,18-,19-,22+,25-,26-,27-/m0/s1. The van der Waals surface area contributed by atoms with E-state index in [2.05, 4.69) is 16.9 Å². The maximum Gasteiger partial charge on any atom is 0.258 e. The average Bonchev–Trinajstić information content (AvgIpc) is 3.36. The average molecular weight is 495 g/mol. The molecule has 8 heteroatoms. The Labute approximate surface area is 208 Å². The minimum Gasteiger partial charge on any atom is -0.430 e. The third-order valence-electron chi connectivity index (χ3n) is 9.58. The summed E-state index contributed by atoms with van der Waals surface area (Å²) in [5.74, 6) is 0.113. The Bertz CT molecular complexity index is 1250. The fraction of sp³-hybridized carbons (Fsp3) is 0.556. The maximum atomic E-state index is 13.5. The number of carbonyl (C=O) groups excluding carboxylic acids is 2. The number of aromatic nitrogens is 2. The van der Waals surface area contributed by atoms with E-state index in [0.29, 0.717) is 29.3 Å². The quantitative estimate of drug-likeness (QED) is 0.616. The van der Waals surface area contributed by atoms with Crippen LogP contribution in [0.3, 0.4) is 0 Å². The normalized spacial score (nSPS) is 40.2. The van der Waals surface area contributed by atoms with Crippen LogP contribution < -0.4 is 0 Å². The van der Waals surface area contributed by atoms with Gasteiger partial charge in [-0.2, -0.15) is 4.98 Å². The van der Waals surface area contributed by atoms with Gasteiger partial charge in [0.1, 0.15) is 5.60 Å². The molecule has 3 saturated carbocycles. The highest BCUT2D eigenvalue weighted by atomic mass is 32.2. The molecule has 35 heavy (non-hydrogen) atoms. The van der Waals surface area contributed by atoms with Crippen LogP contribution in [0.5, 0.6) is 0 Å². The number of hydrogen-bond donors (Lipinski definition) is 2. The van der Waals surface area contributed by atoms with E-state index in [1.807, 2.05) is 13.0 Å². The Balaban J connectivity index is 1.25. The minimum absolute atomic E-state index is 0.0131. The van der Waals surface area contributed by atoms with E-state index in [4.69, 9.17) is 4.42 Å². The van der Waals surface area contributed by atoms with Crippen LogP contribution in [0.25, 0.3) is 11.2 Å². The Morgan fingerprint density at radius 2 is 2.14 bits per heavy atom. The molecule has 2 aromatic rings. The van der Waals surface area contributed by atoms with Gasteiger partial charge in [0.05, 0.1) is 11.9 Å². The fourth-order valence-electron chi connectivity index (χ4n) is 7.85. The van der Waals surface area contributed by atoms with Crippen molar-refractivity contribution in [3.8, 4) is 0 Å². The smallest absolute Gasteiger partial charge is 0.258 e. The van der Waals surface area contributed by atoms with Gasteiger partial charge in [-0.25, -0.2) is 4.98 Å². The summed E-state index contributed by atoms with van der Waals surface area (Å²) in [6, 6.07) is 3.54. The van der Waals surface area contributed by atoms with E-state index in [-0.39, 0.29) is 40.5 Å². The van der Waals surface area contributed by atoms with Gasteiger partial charge < -0.3 is 14.6 Å². The molecule has 0 aromatic carbocycles. The van der Waals surface area contributed by atoms with E-state index in [9.17, 15) is 19.8 Å². The fourth-order valence-corrected chi connectivity index (χ4v) is 8.64. The van der Waals surface area contributed by atoms with E-state index >= 15 is 0 Å². The molecule has 3 fully saturated rings. The molecule has 4 aliphatic carbocycles. The molecule has 2 aromatic heterocycles. The van der Waals surface area contributed by atoms with Gasteiger partial charge in [0.2, 0.25) is 0 Å². The monoisotopic (exact) mass is 494 g/mol. The van der Waals surface area contributed by atoms with Gasteiger partial charge in [-0.3, -0.25) is 9.59 Å². The van der Waals surface area contributed by atoms with Crippen LogP contribution in [-0.4, -0.2) is 49.2 Å². The lowest BCUT2D eigenvalue weighted by Gasteiger charge is -2.59. The lowest BCUT2D eigenvalue weighted by molar-refractivity contribution is -0.174. The zero-order valence-electron chi connectivity index (χ0n) is 19.9. The number of aliphatic hydroxyl groups is 2. The van der Waals surface area contributed by atoms with E-state index in [1.165, 1.54) is 11.8 Å². The number of pyridine rings is 1. The molecule has 0 saturated heterocycles. The number of rotatable bonds is 4.